The van der Waals surface area contributed by atoms with Gasteiger partial charge >= 0.3 is 0 Å². The van der Waals surface area contributed by atoms with E-state index in [0.29, 0.717) is 0 Å². The molecule has 0 aromatic heterocycles. The van der Waals surface area contributed by atoms with Crippen LogP contribution in [0.3, 0.4) is 0 Å². The number of thiocarbonyl (C=S) groups is 1. The fourth-order valence-corrected chi connectivity index (χ4v) is 6.56. The third-order valence-corrected chi connectivity index (χ3v) is 9.62. The first kappa shape index (κ1) is 33.7. The van der Waals surface area contributed by atoms with Crippen LogP contribution in [-0.2, 0) is 0 Å². The van der Waals surface area contributed by atoms with Gasteiger partial charge in [0.2, 0.25) is 11.4 Å². The van der Waals surface area contributed by atoms with E-state index in [9.17, 15) is 0 Å². The molecule has 9 heteroatoms. The van der Waals surface area contributed by atoms with Crippen molar-refractivity contribution in [1.82, 2.24) is 0 Å². The van der Waals surface area contributed by atoms with E-state index in [4.69, 9.17) is 27.4 Å². The highest BCUT2D eigenvalue weighted by Gasteiger charge is 2.37. The lowest BCUT2D eigenvalue weighted by molar-refractivity contribution is -0.462. The van der Waals surface area contributed by atoms with Crippen LogP contribution in [0.15, 0.2) is 109 Å². The van der Waals surface area contributed by atoms with Gasteiger partial charge in [0.05, 0.1) is 29.3 Å². The summed E-state index contributed by atoms with van der Waals surface area (Å²) in [4.78, 5) is 5.08. The van der Waals surface area contributed by atoms with Crippen molar-refractivity contribution < 1.29 is 18.6 Å². The van der Waals surface area contributed by atoms with Crippen LogP contribution in [0, 0.1) is 11.8 Å². The zero-order valence-corrected chi connectivity index (χ0v) is 30.4. The summed E-state index contributed by atoms with van der Waals surface area (Å²) in [5, 5.41) is 3.66. The Morgan fingerprint density at radius 1 is 0.735 bits per heavy atom. The highest BCUT2D eigenvalue weighted by Crippen LogP contribution is 2.46. The van der Waals surface area contributed by atoms with Crippen molar-refractivity contribution in [1.29, 1.82) is 0 Å². The van der Waals surface area contributed by atoms with Crippen LogP contribution in [0.1, 0.15) is 17.2 Å². The lowest BCUT2D eigenvalue weighted by atomic mass is 9.84. The van der Waals surface area contributed by atoms with Crippen LogP contribution in [0.4, 0.5) is 22.7 Å². The summed E-state index contributed by atoms with van der Waals surface area (Å²) in [6.07, 6.45) is 12.8. The number of para-hydroxylation sites is 2. The van der Waals surface area contributed by atoms with Gasteiger partial charge in [-0.05, 0) is 30.3 Å². The Labute approximate surface area is 295 Å². The Kier molecular flexibility index (Phi) is 9.48. The molecule has 0 amide bonds. The molecule has 3 aromatic carbocycles. The summed E-state index contributed by atoms with van der Waals surface area (Å²) in [5.74, 6) is 3.76. The van der Waals surface area contributed by atoms with E-state index in [-0.39, 0.29) is 17.9 Å². The van der Waals surface area contributed by atoms with Crippen molar-refractivity contribution in [3.8, 4) is 11.5 Å². The molecule has 3 atom stereocenters. The van der Waals surface area contributed by atoms with E-state index >= 15 is 0 Å². The van der Waals surface area contributed by atoms with Crippen molar-refractivity contribution in [2.45, 2.75) is 6.04 Å². The minimum atomic E-state index is 0.0378. The number of nitrogens with two attached hydrogens (primary N) is 1. The molecule has 3 unspecified atom stereocenters. The largest absolute Gasteiger partial charge is 0.460 e. The monoisotopic (exact) mass is 674 g/mol. The van der Waals surface area contributed by atoms with Crippen molar-refractivity contribution in [3.05, 3.63) is 120 Å². The summed E-state index contributed by atoms with van der Waals surface area (Å²) in [6, 6.07) is 20.5. The number of nitrogen functional groups attached to an aromatic ring is 1. The predicted octanol–water partition coefficient (Wildman–Crippen LogP) is 6.31. The Morgan fingerprint density at radius 3 is 1.98 bits per heavy atom. The van der Waals surface area contributed by atoms with E-state index in [2.05, 4.69) is 91.1 Å². The van der Waals surface area contributed by atoms with Gasteiger partial charge in [0.1, 0.15) is 51.2 Å². The number of anilines is 4. The first-order valence-electron chi connectivity index (χ1n) is 16.4. The molecule has 3 N–H and O–H groups in total. The van der Waals surface area contributed by atoms with Crippen molar-refractivity contribution in [3.63, 3.8) is 0 Å². The van der Waals surface area contributed by atoms with E-state index in [0.717, 1.165) is 73.2 Å². The highest BCUT2D eigenvalue weighted by molar-refractivity contribution is 7.81. The van der Waals surface area contributed by atoms with Crippen molar-refractivity contribution in [2.24, 2.45) is 11.8 Å². The number of ether oxygens (including phenoxy) is 2. The minimum absolute atomic E-state index is 0.0378. The number of hydrogen-bond acceptors (Lipinski definition) is 7. The molecule has 252 valence electrons. The fraction of sp³-hybridized carbons (Fsp3) is 0.275. The smallest absolute Gasteiger partial charge is 0.202 e. The van der Waals surface area contributed by atoms with Gasteiger partial charge in [0.15, 0.2) is 0 Å². The standard InChI is InChI=1S/C23H27N4O.C17H19N2OS/c1-26(2)15-9-11-17-21(13-15)28-22-14-16(27(3)4)10-12-18(22)23(17)25-20-8-6-5-7-19(20)24;1-18(2)11-5-7-13-15(9-11)20-16-10-12(19(3)4)6-8-14(16)17(13)21/h5-14,17,23,25H,24H2,1-4H3;5-10,13H,1-4H3/q2*+1. The van der Waals surface area contributed by atoms with Crippen LogP contribution in [-0.4, -0.2) is 81.8 Å². The Morgan fingerprint density at radius 2 is 1.33 bits per heavy atom. The molecule has 0 saturated heterocycles. The lowest BCUT2D eigenvalue weighted by Gasteiger charge is -2.36. The minimum Gasteiger partial charge on any atom is -0.460 e. The van der Waals surface area contributed by atoms with Crippen LogP contribution in [0.25, 0.3) is 0 Å². The average molecular weight is 675 g/mol. The van der Waals surface area contributed by atoms with Crippen LogP contribution in [0.5, 0.6) is 11.5 Å². The summed E-state index contributed by atoms with van der Waals surface area (Å²) in [7, 11) is 16.2. The van der Waals surface area contributed by atoms with Crippen molar-refractivity contribution in [2.75, 3.05) is 77.2 Å². The summed E-state index contributed by atoms with van der Waals surface area (Å²) in [5.41, 5.74) is 14.5. The van der Waals surface area contributed by atoms with E-state index < -0.39 is 0 Å². The molecule has 0 spiro atoms. The SMILES string of the molecule is CN(C)c1ccc2c(c1)OC1=CC(=[N+](C)C)C=CC1C2=S.CN(C)c1ccc2c(c1)OC1=CC(=[N+](C)C)C=CC1C2Nc1ccccc1N. The molecule has 8 nitrogen and oxygen atoms in total. The summed E-state index contributed by atoms with van der Waals surface area (Å²) >= 11 is 5.66. The molecule has 0 fully saturated rings. The van der Waals surface area contributed by atoms with Gasteiger partial charge in [-0.25, -0.2) is 9.15 Å². The maximum absolute atomic E-state index is 6.37. The maximum Gasteiger partial charge on any atom is 0.202 e. The topological polar surface area (TPSA) is 69.0 Å². The first-order chi connectivity index (χ1) is 23.4. The van der Waals surface area contributed by atoms with E-state index in [1.54, 1.807) is 0 Å². The van der Waals surface area contributed by atoms with Gasteiger partial charge in [0.25, 0.3) is 0 Å². The molecular weight excluding hydrogens is 629 g/mol. The molecule has 0 bridgehead atoms. The summed E-state index contributed by atoms with van der Waals surface area (Å²) < 4.78 is 16.7. The highest BCUT2D eigenvalue weighted by atomic mass is 32.1. The Bertz CT molecular complexity index is 1990. The first-order valence-corrected chi connectivity index (χ1v) is 16.8. The second-order valence-electron chi connectivity index (χ2n) is 13.4. The fourth-order valence-electron chi connectivity index (χ4n) is 6.20. The molecule has 0 radical (unpaired) electrons. The van der Waals surface area contributed by atoms with Crippen LogP contribution < -0.4 is 30.3 Å². The average Bonchev–Trinajstić information content (AvgIpc) is 3.08. The lowest BCUT2D eigenvalue weighted by Crippen LogP contribution is -2.31. The van der Waals surface area contributed by atoms with E-state index in [1.807, 2.05) is 86.7 Å². The number of nitrogens with zero attached hydrogens (tertiary/aromatic N) is 4. The molecule has 4 aliphatic rings. The second-order valence-corrected chi connectivity index (χ2v) is 13.9. The van der Waals surface area contributed by atoms with Gasteiger partial charge in [-0.1, -0.05) is 42.6 Å². The number of hydrogen-bond donors (Lipinski definition) is 2. The van der Waals surface area contributed by atoms with Gasteiger partial charge in [-0.15, -0.1) is 0 Å². The van der Waals surface area contributed by atoms with Gasteiger partial charge in [0, 0.05) is 92.0 Å². The molecular formula is C40H46N6O2S+2. The zero-order valence-electron chi connectivity index (χ0n) is 29.6. The number of nitrogens with one attached hydrogen (secondary N) is 1. The third-order valence-electron chi connectivity index (χ3n) is 9.15. The molecule has 49 heavy (non-hydrogen) atoms. The van der Waals surface area contributed by atoms with Crippen molar-refractivity contribution >= 4 is 51.3 Å². The quantitative estimate of drug-likeness (QED) is 0.191. The van der Waals surface area contributed by atoms with Crippen LogP contribution in [0.2, 0.25) is 0 Å². The molecule has 7 rings (SSSR count). The predicted molar refractivity (Wildman–Crippen MR) is 207 cm³/mol. The van der Waals surface area contributed by atoms with Gasteiger partial charge in [-0.2, -0.15) is 0 Å². The molecule has 0 saturated carbocycles. The summed E-state index contributed by atoms with van der Waals surface area (Å²) in [6.45, 7) is 0. The maximum atomic E-state index is 6.37. The Hall–Kier alpha value is -5.15. The zero-order chi connectivity index (χ0) is 35.0. The number of benzene rings is 3. The molecule has 3 aromatic rings. The molecule has 2 aliphatic heterocycles. The Balaban J connectivity index is 0.000000177. The molecule has 2 aliphatic carbocycles. The number of rotatable bonds is 4. The van der Waals surface area contributed by atoms with Gasteiger partial charge in [-0.3, -0.25) is 0 Å². The van der Waals surface area contributed by atoms with Crippen LogP contribution >= 0.6 is 12.2 Å². The number of allylic oxidation sites excluding steroid dienone is 5. The second kappa shape index (κ2) is 13.8. The molecule has 2 heterocycles. The number of fused-ring (bicyclic) bond motifs is 4. The normalized spacial score (nSPS) is 19.7. The van der Waals surface area contributed by atoms with E-state index in [1.165, 1.54) is 0 Å². The third kappa shape index (κ3) is 6.89. The van der Waals surface area contributed by atoms with Gasteiger partial charge < -0.3 is 30.3 Å².